The van der Waals surface area contributed by atoms with Gasteiger partial charge in [-0.05, 0) is 37.3 Å². The second-order valence-electron chi connectivity index (χ2n) is 4.87. The van der Waals surface area contributed by atoms with Crippen molar-refractivity contribution in [1.82, 2.24) is 10.6 Å². The highest BCUT2D eigenvalue weighted by atomic mass is 32.2. The average Bonchev–Trinajstić information content (AvgIpc) is 2.45. The molecular formula is C15H24FN3S. The van der Waals surface area contributed by atoms with Gasteiger partial charge in [0.1, 0.15) is 5.82 Å². The predicted molar refractivity (Wildman–Crippen MR) is 87.0 cm³/mol. The predicted octanol–water partition coefficient (Wildman–Crippen LogP) is 3.11. The Balaban J connectivity index is 2.63. The summed E-state index contributed by atoms with van der Waals surface area (Å²) >= 11 is 1.80. The minimum atomic E-state index is -0.171. The molecule has 0 aliphatic heterocycles. The molecule has 5 heteroatoms. The molecule has 20 heavy (non-hydrogen) atoms. The topological polar surface area (TPSA) is 36.4 Å². The number of thioether (sulfide) groups is 1. The van der Waals surface area contributed by atoms with Crippen molar-refractivity contribution in [1.29, 1.82) is 0 Å². The van der Waals surface area contributed by atoms with Crippen molar-refractivity contribution in [3.05, 3.63) is 35.1 Å². The van der Waals surface area contributed by atoms with Crippen LogP contribution in [0.4, 0.5) is 4.39 Å². The highest BCUT2D eigenvalue weighted by molar-refractivity contribution is 7.99. The van der Waals surface area contributed by atoms with Crippen molar-refractivity contribution >= 4 is 17.7 Å². The van der Waals surface area contributed by atoms with E-state index >= 15 is 0 Å². The zero-order valence-electron chi connectivity index (χ0n) is 12.8. The largest absolute Gasteiger partial charge is 0.355 e. The molecule has 0 radical (unpaired) electrons. The first-order valence-electron chi connectivity index (χ1n) is 6.74. The third-order valence-corrected chi connectivity index (χ3v) is 4.20. The SMILES string of the molecule is CN=C(NCC(C)SC)NC(C)c1ccc(C)c(F)c1. The highest BCUT2D eigenvalue weighted by Gasteiger charge is 2.10. The van der Waals surface area contributed by atoms with E-state index in [4.69, 9.17) is 0 Å². The summed E-state index contributed by atoms with van der Waals surface area (Å²) in [7, 11) is 1.74. The third-order valence-electron chi connectivity index (χ3n) is 3.23. The fourth-order valence-corrected chi connectivity index (χ4v) is 1.94. The first-order chi connectivity index (χ1) is 9.47. The van der Waals surface area contributed by atoms with Crippen LogP contribution in [0.2, 0.25) is 0 Å². The van der Waals surface area contributed by atoms with Gasteiger partial charge in [-0.25, -0.2) is 4.39 Å². The molecule has 0 aliphatic carbocycles. The van der Waals surface area contributed by atoms with Crippen LogP contribution in [0.5, 0.6) is 0 Å². The number of rotatable bonds is 5. The van der Waals surface area contributed by atoms with Crippen LogP contribution in [-0.2, 0) is 0 Å². The number of aliphatic imine (C=N–C) groups is 1. The van der Waals surface area contributed by atoms with Gasteiger partial charge in [0.25, 0.3) is 0 Å². The van der Waals surface area contributed by atoms with Gasteiger partial charge in [0, 0.05) is 18.8 Å². The fourth-order valence-electron chi connectivity index (χ4n) is 1.69. The molecule has 0 spiro atoms. The standard InChI is InChI=1S/C15H24FN3S/c1-10-6-7-13(8-14(10)16)12(3)19-15(17-4)18-9-11(2)20-5/h6-8,11-12H,9H2,1-5H3,(H2,17,18,19). The van der Waals surface area contributed by atoms with Crippen LogP contribution in [0.3, 0.4) is 0 Å². The number of nitrogens with one attached hydrogen (secondary N) is 2. The lowest BCUT2D eigenvalue weighted by Crippen LogP contribution is -2.41. The second kappa shape index (κ2) is 8.15. The lowest BCUT2D eigenvalue weighted by molar-refractivity contribution is 0.607. The Morgan fingerprint density at radius 1 is 1.40 bits per heavy atom. The van der Waals surface area contributed by atoms with Crippen molar-refractivity contribution in [2.45, 2.75) is 32.1 Å². The summed E-state index contributed by atoms with van der Waals surface area (Å²) < 4.78 is 13.6. The van der Waals surface area contributed by atoms with Crippen molar-refractivity contribution < 1.29 is 4.39 Å². The zero-order valence-corrected chi connectivity index (χ0v) is 13.6. The normalized spacial score (nSPS) is 14.8. The molecule has 0 aromatic heterocycles. The van der Waals surface area contributed by atoms with Crippen molar-refractivity contribution in [3.8, 4) is 0 Å². The maximum Gasteiger partial charge on any atom is 0.191 e. The molecule has 2 atom stereocenters. The molecule has 0 aliphatic rings. The summed E-state index contributed by atoms with van der Waals surface area (Å²) in [4.78, 5) is 4.19. The maximum absolute atomic E-state index is 13.6. The van der Waals surface area contributed by atoms with Crippen LogP contribution < -0.4 is 10.6 Å². The third kappa shape index (κ3) is 5.04. The van der Waals surface area contributed by atoms with E-state index < -0.39 is 0 Å². The van der Waals surface area contributed by atoms with E-state index in [2.05, 4.69) is 28.8 Å². The Morgan fingerprint density at radius 3 is 2.65 bits per heavy atom. The van der Waals surface area contributed by atoms with E-state index in [9.17, 15) is 4.39 Å². The lowest BCUT2D eigenvalue weighted by atomic mass is 10.1. The van der Waals surface area contributed by atoms with Gasteiger partial charge in [0.05, 0.1) is 6.04 Å². The van der Waals surface area contributed by atoms with E-state index in [-0.39, 0.29) is 11.9 Å². The van der Waals surface area contributed by atoms with Gasteiger partial charge in [0.2, 0.25) is 0 Å². The first-order valence-corrected chi connectivity index (χ1v) is 8.02. The van der Waals surface area contributed by atoms with Crippen molar-refractivity contribution in [3.63, 3.8) is 0 Å². The zero-order chi connectivity index (χ0) is 15.1. The Morgan fingerprint density at radius 2 is 2.10 bits per heavy atom. The minimum absolute atomic E-state index is 0.000820. The molecule has 0 saturated carbocycles. The molecule has 0 bridgehead atoms. The number of aryl methyl sites for hydroxylation is 1. The van der Waals surface area contributed by atoms with E-state index in [1.807, 2.05) is 13.0 Å². The molecule has 3 nitrogen and oxygen atoms in total. The number of hydrogen-bond donors (Lipinski definition) is 2. The Labute approximate surface area is 125 Å². The van der Waals surface area contributed by atoms with Crippen LogP contribution in [0.15, 0.2) is 23.2 Å². The van der Waals surface area contributed by atoms with Gasteiger partial charge in [-0.2, -0.15) is 11.8 Å². The number of guanidine groups is 1. The fraction of sp³-hybridized carbons (Fsp3) is 0.533. The molecule has 2 N–H and O–H groups in total. The number of nitrogens with zero attached hydrogens (tertiary/aromatic N) is 1. The monoisotopic (exact) mass is 297 g/mol. The molecule has 1 aromatic carbocycles. The van der Waals surface area contributed by atoms with Crippen LogP contribution >= 0.6 is 11.8 Å². The van der Waals surface area contributed by atoms with Gasteiger partial charge >= 0.3 is 0 Å². The Hall–Kier alpha value is -1.23. The van der Waals surface area contributed by atoms with Gasteiger partial charge in [-0.15, -0.1) is 0 Å². The molecule has 0 fully saturated rings. The van der Waals surface area contributed by atoms with Crippen LogP contribution in [-0.4, -0.2) is 31.1 Å². The van der Waals surface area contributed by atoms with Crippen LogP contribution in [0.25, 0.3) is 0 Å². The Kier molecular flexibility index (Phi) is 6.85. The summed E-state index contributed by atoms with van der Waals surface area (Å²) in [5.41, 5.74) is 1.58. The van der Waals surface area contributed by atoms with Gasteiger partial charge < -0.3 is 10.6 Å². The molecule has 2 unspecified atom stereocenters. The summed E-state index contributed by atoms with van der Waals surface area (Å²) in [6.45, 7) is 6.76. The smallest absolute Gasteiger partial charge is 0.191 e. The first kappa shape index (κ1) is 16.8. The van der Waals surface area contributed by atoms with Crippen molar-refractivity contribution in [2.24, 2.45) is 4.99 Å². The number of benzene rings is 1. The van der Waals surface area contributed by atoms with E-state index in [1.165, 1.54) is 0 Å². The molecule has 0 heterocycles. The lowest BCUT2D eigenvalue weighted by Gasteiger charge is -2.20. The molecule has 1 aromatic rings. The summed E-state index contributed by atoms with van der Waals surface area (Å²) in [5, 5.41) is 7.06. The Bertz CT molecular complexity index is 462. The molecule has 0 saturated heterocycles. The molecule has 112 valence electrons. The van der Waals surface area contributed by atoms with E-state index in [0.717, 1.165) is 18.1 Å². The molecule has 1 rings (SSSR count). The number of hydrogen-bond acceptors (Lipinski definition) is 2. The summed E-state index contributed by atoms with van der Waals surface area (Å²) in [5.74, 6) is 0.564. The van der Waals surface area contributed by atoms with Crippen molar-refractivity contribution in [2.75, 3.05) is 19.8 Å². The highest BCUT2D eigenvalue weighted by Crippen LogP contribution is 2.16. The van der Waals surface area contributed by atoms with Crippen LogP contribution in [0.1, 0.15) is 31.0 Å². The van der Waals surface area contributed by atoms with E-state index in [0.29, 0.717) is 10.8 Å². The quantitative estimate of drug-likeness (QED) is 0.647. The average molecular weight is 297 g/mol. The van der Waals surface area contributed by atoms with Gasteiger partial charge in [-0.3, -0.25) is 4.99 Å². The number of halogens is 1. The maximum atomic E-state index is 13.6. The second-order valence-corrected chi connectivity index (χ2v) is 6.15. The minimum Gasteiger partial charge on any atom is -0.355 e. The van der Waals surface area contributed by atoms with Gasteiger partial charge in [0.15, 0.2) is 5.96 Å². The summed E-state index contributed by atoms with van der Waals surface area (Å²) in [6.07, 6.45) is 2.08. The molecular weight excluding hydrogens is 273 g/mol. The van der Waals surface area contributed by atoms with E-state index in [1.54, 1.807) is 37.9 Å². The summed E-state index contributed by atoms with van der Waals surface area (Å²) in [6, 6.07) is 5.31. The van der Waals surface area contributed by atoms with Crippen LogP contribution in [0, 0.1) is 12.7 Å². The van der Waals surface area contributed by atoms with Gasteiger partial charge in [-0.1, -0.05) is 19.1 Å². The molecule has 0 amide bonds.